The number of nitrogens with zero attached hydrogens (tertiary/aromatic N) is 1. The van der Waals surface area contributed by atoms with Crippen molar-refractivity contribution in [2.45, 2.75) is 65.5 Å². The standard InChI is InChI=1S/C15H26N2S/c1-10-6-8-18-13(16-10)17-12-14(2,3)11-5-7-15(12,4)9-11/h10-12H,5-9H2,1-4H3,(H,16,17). The molecular weight excluding hydrogens is 240 g/mol. The lowest BCUT2D eigenvalue weighted by molar-refractivity contribution is 0.142. The largest absolute Gasteiger partial charge is 0.362 e. The lowest BCUT2D eigenvalue weighted by atomic mass is 9.69. The van der Waals surface area contributed by atoms with E-state index in [9.17, 15) is 0 Å². The second kappa shape index (κ2) is 4.16. The molecule has 2 saturated carbocycles. The molecule has 4 atom stereocenters. The SMILES string of the molecule is CC1CCSC(=NC2C3(C)CCC(C3)C2(C)C)N1. The molecule has 18 heavy (non-hydrogen) atoms. The molecule has 3 fully saturated rings. The molecule has 3 heteroatoms. The Morgan fingerprint density at radius 3 is 2.67 bits per heavy atom. The van der Waals surface area contributed by atoms with Gasteiger partial charge in [0.15, 0.2) is 5.17 Å². The molecule has 0 radical (unpaired) electrons. The quantitative estimate of drug-likeness (QED) is 0.783. The maximum absolute atomic E-state index is 5.16. The van der Waals surface area contributed by atoms with Crippen LogP contribution < -0.4 is 5.32 Å². The Hall–Kier alpha value is -0.180. The summed E-state index contributed by atoms with van der Waals surface area (Å²) < 4.78 is 0. The van der Waals surface area contributed by atoms with Gasteiger partial charge in [0, 0.05) is 11.8 Å². The summed E-state index contributed by atoms with van der Waals surface area (Å²) >= 11 is 1.92. The lowest BCUT2D eigenvalue weighted by Crippen LogP contribution is -2.42. The maximum atomic E-state index is 5.16. The molecule has 0 aromatic rings. The molecule has 0 aromatic carbocycles. The van der Waals surface area contributed by atoms with Crippen molar-refractivity contribution in [1.29, 1.82) is 0 Å². The van der Waals surface area contributed by atoms with E-state index < -0.39 is 0 Å². The van der Waals surface area contributed by atoms with Gasteiger partial charge in [0.2, 0.25) is 0 Å². The Bertz CT molecular complexity index is 372. The first-order valence-corrected chi connectivity index (χ1v) is 8.37. The average molecular weight is 266 g/mol. The molecular formula is C15H26N2S. The predicted molar refractivity (Wildman–Crippen MR) is 80.1 cm³/mol. The third-order valence-corrected chi connectivity index (χ3v) is 6.54. The fraction of sp³-hybridized carbons (Fsp3) is 0.933. The zero-order valence-electron chi connectivity index (χ0n) is 12.1. The molecule has 1 aliphatic heterocycles. The molecule has 102 valence electrons. The van der Waals surface area contributed by atoms with Crippen molar-refractivity contribution >= 4 is 16.9 Å². The smallest absolute Gasteiger partial charge is 0.157 e. The van der Waals surface area contributed by atoms with Gasteiger partial charge in [0.25, 0.3) is 0 Å². The van der Waals surface area contributed by atoms with E-state index in [4.69, 9.17) is 4.99 Å². The highest BCUT2D eigenvalue weighted by Gasteiger charge is 2.59. The van der Waals surface area contributed by atoms with Gasteiger partial charge in [-0.3, -0.25) is 4.99 Å². The van der Waals surface area contributed by atoms with E-state index in [1.165, 1.54) is 36.6 Å². The number of amidine groups is 1. The van der Waals surface area contributed by atoms with Crippen molar-refractivity contribution in [3.63, 3.8) is 0 Å². The predicted octanol–water partition coefficient (Wildman–Crippen LogP) is 3.67. The first-order chi connectivity index (χ1) is 8.42. The van der Waals surface area contributed by atoms with Gasteiger partial charge in [-0.05, 0) is 49.4 Å². The van der Waals surface area contributed by atoms with E-state index in [0.29, 0.717) is 22.9 Å². The third kappa shape index (κ3) is 1.90. The van der Waals surface area contributed by atoms with Crippen LogP contribution in [0.5, 0.6) is 0 Å². The average Bonchev–Trinajstić information content (AvgIpc) is 2.76. The number of rotatable bonds is 1. The third-order valence-electron chi connectivity index (χ3n) is 5.60. The van der Waals surface area contributed by atoms with Gasteiger partial charge in [0.1, 0.15) is 0 Å². The first kappa shape index (κ1) is 12.8. The molecule has 1 saturated heterocycles. The van der Waals surface area contributed by atoms with Crippen molar-refractivity contribution < 1.29 is 0 Å². The second-order valence-electron chi connectivity index (χ2n) is 7.43. The van der Waals surface area contributed by atoms with Crippen LogP contribution in [0.2, 0.25) is 0 Å². The fourth-order valence-electron chi connectivity index (χ4n) is 4.45. The molecule has 3 aliphatic rings. The number of nitrogens with one attached hydrogen (secondary N) is 1. The van der Waals surface area contributed by atoms with E-state index >= 15 is 0 Å². The molecule has 1 N–H and O–H groups in total. The monoisotopic (exact) mass is 266 g/mol. The van der Waals surface area contributed by atoms with Crippen LogP contribution in [0, 0.1) is 16.7 Å². The van der Waals surface area contributed by atoms with Crippen molar-refractivity contribution in [1.82, 2.24) is 5.32 Å². The van der Waals surface area contributed by atoms with E-state index in [1.54, 1.807) is 0 Å². The number of aliphatic imine (C=N–C) groups is 1. The Morgan fingerprint density at radius 1 is 1.28 bits per heavy atom. The van der Waals surface area contributed by atoms with E-state index in [1.807, 2.05) is 11.8 Å². The molecule has 2 bridgehead atoms. The van der Waals surface area contributed by atoms with Gasteiger partial charge in [-0.15, -0.1) is 0 Å². The van der Waals surface area contributed by atoms with Crippen LogP contribution in [0.3, 0.4) is 0 Å². The zero-order chi connectivity index (χ0) is 13.0. The summed E-state index contributed by atoms with van der Waals surface area (Å²) in [6.07, 6.45) is 5.45. The Morgan fingerprint density at radius 2 is 2.06 bits per heavy atom. The minimum Gasteiger partial charge on any atom is -0.362 e. The van der Waals surface area contributed by atoms with Gasteiger partial charge in [-0.2, -0.15) is 0 Å². The normalized spacial score (nSPS) is 48.4. The van der Waals surface area contributed by atoms with Gasteiger partial charge in [-0.1, -0.05) is 32.5 Å². The molecule has 1 heterocycles. The van der Waals surface area contributed by atoms with Gasteiger partial charge in [-0.25, -0.2) is 0 Å². The maximum Gasteiger partial charge on any atom is 0.157 e. The highest BCUT2D eigenvalue weighted by molar-refractivity contribution is 8.13. The van der Waals surface area contributed by atoms with E-state index in [0.717, 1.165) is 5.92 Å². The zero-order valence-corrected chi connectivity index (χ0v) is 12.9. The minimum absolute atomic E-state index is 0.392. The van der Waals surface area contributed by atoms with Gasteiger partial charge in [0.05, 0.1) is 6.04 Å². The Balaban J connectivity index is 1.85. The van der Waals surface area contributed by atoms with E-state index in [-0.39, 0.29) is 0 Å². The van der Waals surface area contributed by atoms with Crippen LogP contribution in [0.4, 0.5) is 0 Å². The Labute approximate surface area is 115 Å². The van der Waals surface area contributed by atoms with Crippen molar-refractivity contribution in [3.05, 3.63) is 0 Å². The number of fused-ring (bicyclic) bond motifs is 2. The van der Waals surface area contributed by atoms with Crippen LogP contribution in [0.1, 0.15) is 53.4 Å². The highest BCUT2D eigenvalue weighted by Crippen LogP contribution is 2.63. The topological polar surface area (TPSA) is 24.4 Å². The van der Waals surface area contributed by atoms with Crippen LogP contribution in [0.25, 0.3) is 0 Å². The van der Waals surface area contributed by atoms with Crippen LogP contribution >= 0.6 is 11.8 Å². The van der Waals surface area contributed by atoms with Gasteiger partial charge < -0.3 is 5.32 Å². The highest BCUT2D eigenvalue weighted by atomic mass is 32.2. The molecule has 2 aliphatic carbocycles. The van der Waals surface area contributed by atoms with Crippen LogP contribution in [0.15, 0.2) is 4.99 Å². The number of hydrogen-bond donors (Lipinski definition) is 1. The molecule has 0 spiro atoms. The minimum atomic E-state index is 0.392. The molecule has 4 unspecified atom stereocenters. The fourth-order valence-corrected chi connectivity index (χ4v) is 5.58. The molecule has 0 aromatic heterocycles. The summed E-state index contributed by atoms with van der Waals surface area (Å²) in [5.74, 6) is 2.11. The van der Waals surface area contributed by atoms with E-state index in [2.05, 4.69) is 33.0 Å². The van der Waals surface area contributed by atoms with Gasteiger partial charge >= 0.3 is 0 Å². The summed E-state index contributed by atoms with van der Waals surface area (Å²) in [6.45, 7) is 9.61. The summed E-state index contributed by atoms with van der Waals surface area (Å²) in [5.41, 5.74) is 0.854. The molecule has 2 nitrogen and oxygen atoms in total. The van der Waals surface area contributed by atoms with Crippen molar-refractivity contribution in [2.24, 2.45) is 21.7 Å². The lowest BCUT2D eigenvalue weighted by Gasteiger charge is -2.41. The summed E-state index contributed by atoms with van der Waals surface area (Å²) in [7, 11) is 0. The first-order valence-electron chi connectivity index (χ1n) is 7.39. The number of thioether (sulfide) groups is 1. The van der Waals surface area contributed by atoms with Crippen LogP contribution in [-0.2, 0) is 0 Å². The van der Waals surface area contributed by atoms with Crippen molar-refractivity contribution in [2.75, 3.05) is 5.75 Å². The summed E-state index contributed by atoms with van der Waals surface area (Å²) in [5, 5.41) is 4.78. The number of hydrogen-bond acceptors (Lipinski definition) is 2. The summed E-state index contributed by atoms with van der Waals surface area (Å²) in [6, 6.07) is 1.11. The summed E-state index contributed by atoms with van der Waals surface area (Å²) in [4.78, 5) is 5.16. The Kier molecular flexibility index (Phi) is 2.96. The molecule has 0 amide bonds. The molecule has 3 rings (SSSR count). The second-order valence-corrected chi connectivity index (χ2v) is 8.52. The van der Waals surface area contributed by atoms with Crippen LogP contribution in [-0.4, -0.2) is 23.0 Å². The van der Waals surface area contributed by atoms with Crippen molar-refractivity contribution in [3.8, 4) is 0 Å².